The minimum absolute atomic E-state index is 0.0353. The van der Waals surface area contributed by atoms with Crippen LogP contribution >= 0.6 is 0 Å². The van der Waals surface area contributed by atoms with Crippen molar-refractivity contribution in [1.29, 1.82) is 0 Å². The fraction of sp³-hybridized carbons (Fsp3) is 0.412. The van der Waals surface area contributed by atoms with E-state index in [1.807, 2.05) is 0 Å². The predicted octanol–water partition coefficient (Wildman–Crippen LogP) is 1.67. The second kappa shape index (κ2) is 6.91. The van der Waals surface area contributed by atoms with Crippen LogP contribution in [0.2, 0.25) is 0 Å². The van der Waals surface area contributed by atoms with E-state index in [1.54, 1.807) is 0 Å². The van der Waals surface area contributed by atoms with E-state index in [0.717, 1.165) is 19.2 Å². The molecule has 2 aliphatic rings. The van der Waals surface area contributed by atoms with Crippen molar-refractivity contribution in [3.05, 3.63) is 46.7 Å². The summed E-state index contributed by atoms with van der Waals surface area (Å²) in [6, 6.07) is 0.345. The second-order valence-electron chi connectivity index (χ2n) is 6.47. The smallest absolute Gasteiger partial charge is 0.337 e. The van der Waals surface area contributed by atoms with Crippen LogP contribution in [0.25, 0.3) is 0 Å². The predicted molar refractivity (Wildman–Crippen MR) is 91.2 cm³/mol. The van der Waals surface area contributed by atoms with E-state index in [1.165, 1.54) is 11.8 Å². The molecule has 1 aromatic carbocycles. The third-order valence-electron chi connectivity index (χ3n) is 4.78. The van der Waals surface area contributed by atoms with E-state index in [9.17, 15) is 26.8 Å². The number of esters is 1. The van der Waals surface area contributed by atoms with Gasteiger partial charge in [-0.05, 0) is 19.4 Å². The number of rotatable bonds is 3. The van der Waals surface area contributed by atoms with E-state index in [-0.39, 0.29) is 34.8 Å². The number of carbonyl (C=O) groups is 2. The number of nitrogens with one attached hydrogen (secondary N) is 1. The molecule has 0 aliphatic carbocycles. The number of allylic oxidation sites excluding steroid dienone is 1. The van der Waals surface area contributed by atoms with Gasteiger partial charge >= 0.3 is 12.0 Å². The van der Waals surface area contributed by atoms with Crippen molar-refractivity contribution in [3.8, 4) is 0 Å². The van der Waals surface area contributed by atoms with Crippen LogP contribution in [0.15, 0.2) is 29.5 Å². The van der Waals surface area contributed by atoms with E-state index in [0.29, 0.717) is 6.07 Å². The van der Waals surface area contributed by atoms with Gasteiger partial charge in [-0.1, -0.05) is 6.07 Å². The lowest BCUT2D eigenvalue weighted by atomic mass is 9.93. The number of carbonyl (C=O) groups excluding carboxylic acids is 2. The van der Waals surface area contributed by atoms with Gasteiger partial charge in [0.05, 0.1) is 36.3 Å². The first-order chi connectivity index (χ1) is 12.6. The number of hydrogen-bond acceptors (Lipinski definition) is 5. The minimum atomic E-state index is -3.27. The molecule has 7 nitrogen and oxygen atoms in total. The molecule has 3 rings (SSSR count). The lowest BCUT2D eigenvalue weighted by Gasteiger charge is -2.38. The van der Waals surface area contributed by atoms with Crippen LogP contribution in [0.1, 0.15) is 24.9 Å². The highest BCUT2D eigenvalue weighted by Crippen LogP contribution is 2.35. The van der Waals surface area contributed by atoms with Gasteiger partial charge in [0.1, 0.15) is 11.6 Å². The molecule has 1 N–H and O–H groups in total. The molecule has 2 aliphatic heterocycles. The zero-order valence-electron chi connectivity index (χ0n) is 14.7. The van der Waals surface area contributed by atoms with Gasteiger partial charge in [-0.25, -0.2) is 26.8 Å². The normalized spacial score (nSPS) is 24.7. The quantitative estimate of drug-likeness (QED) is 0.779. The molecule has 0 radical (unpaired) electrons. The molecule has 0 saturated carbocycles. The highest BCUT2D eigenvalue weighted by Gasteiger charge is 2.43. The summed E-state index contributed by atoms with van der Waals surface area (Å²) in [6.45, 7) is 1.48. The summed E-state index contributed by atoms with van der Waals surface area (Å²) in [4.78, 5) is 26.2. The largest absolute Gasteiger partial charge is 0.466 e. The molecule has 27 heavy (non-hydrogen) atoms. The molecule has 0 spiro atoms. The molecular formula is C17H18F2N2O5S. The van der Waals surface area contributed by atoms with Crippen molar-refractivity contribution in [2.24, 2.45) is 0 Å². The Labute approximate surface area is 154 Å². The number of amides is 2. The Morgan fingerprint density at radius 1 is 1.33 bits per heavy atom. The average molecular weight is 400 g/mol. The highest BCUT2D eigenvalue weighted by molar-refractivity contribution is 7.91. The van der Waals surface area contributed by atoms with Crippen LogP contribution in [0.5, 0.6) is 0 Å². The van der Waals surface area contributed by atoms with Crippen LogP contribution in [-0.4, -0.2) is 50.0 Å². The number of ether oxygens (including phenoxy) is 1. The van der Waals surface area contributed by atoms with Gasteiger partial charge in [-0.2, -0.15) is 0 Å². The van der Waals surface area contributed by atoms with Crippen LogP contribution in [0.4, 0.5) is 13.6 Å². The number of nitrogens with zero attached hydrogens (tertiary/aromatic N) is 1. The second-order valence-corrected chi connectivity index (χ2v) is 8.69. The van der Waals surface area contributed by atoms with E-state index in [4.69, 9.17) is 4.74 Å². The van der Waals surface area contributed by atoms with Gasteiger partial charge in [-0.15, -0.1) is 0 Å². The fourth-order valence-electron chi connectivity index (χ4n) is 3.52. The van der Waals surface area contributed by atoms with Gasteiger partial charge in [0.2, 0.25) is 0 Å². The topological polar surface area (TPSA) is 92.8 Å². The highest BCUT2D eigenvalue weighted by atomic mass is 32.2. The Hall–Kier alpha value is -2.49. The minimum Gasteiger partial charge on any atom is -0.466 e. The Balaban J connectivity index is 2.09. The van der Waals surface area contributed by atoms with Gasteiger partial charge in [0, 0.05) is 17.3 Å². The van der Waals surface area contributed by atoms with E-state index in [2.05, 4.69) is 5.32 Å². The van der Waals surface area contributed by atoms with Crippen molar-refractivity contribution in [1.82, 2.24) is 10.2 Å². The summed E-state index contributed by atoms with van der Waals surface area (Å²) in [5.74, 6) is -2.80. The third-order valence-corrected chi connectivity index (χ3v) is 6.53. The van der Waals surface area contributed by atoms with Crippen LogP contribution in [0.3, 0.4) is 0 Å². The maximum atomic E-state index is 14.3. The summed E-state index contributed by atoms with van der Waals surface area (Å²) >= 11 is 0. The summed E-state index contributed by atoms with van der Waals surface area (Å²) in [5.41, 5.74) is 0.0523. The van der Waals surface area contributed by atoms with E-state index < -0.39 is 45.6 Å². The molecule has 2 unspecified atom stereocenters. The van der Waals surface area contributed by atoms with Gasteiger partial charge in [0.25, 0.3) is 0 Å². The molecule has 1 saturated heterocycles. The van der Waals surface area contributed by atoms with Crippen LogP contribution in [-0.2, 0) is 19.4 Å². The first-order valence-corrected chi connectivity index (χ1v) is 10.0. The van der Waals surface area contributed by atoms with Gasteiger partial charge in [0.15, 0.2) is 9.84 Å². The van der Waals surface area contributed by atoms with Crippen LogP contribution in [0, 0.1) is 11.6 Å². The summed E-state index contributed by atoms with van der Waals surface area (Å²) < 4.78 is 55.8. The summed E-state index contributed by atoms with van der Waals surface area (Å²) in [6.07, 6.45) is 0.233. The maximum Gasteiger partial charge on any atom is 0.337 e. The molecule has 2 heterocycles. The zero-order chi connectivity index (χ0) is 19.9. The molecule has 0 bridgehead atoms. The molecule has 1 aromatic rings. The Kier molecular flexibility index (Phi) is 4.94. The monoisotopic (exact) mass is 400 g/mol. The van der Waals surface area contributed by atoms with Crippen molar-refractivity contribution >= 4 is 21.8 Å². The fourth-order valence-corrected chi connectivity index (χ4v) is 5.22. The van der Waals surface area contributed by atoms with Crippen LogP contribution < -0.4 is 5.32 Å². The number of sulfone groups is 1. The number of urea groups is 1. The maximum absolute atomic E-state index is 14.3. The van der Waals surface area contributed by atoms with Crippen molar-refractivity contribution < 1.29 is 31.5 Å². The lowest BCUT2D eigenvalue weighted by molar-refractivity contribution is -0.136. The summed E-state index contributed by atoms with van der Waals surface area (Å²) in [7, 11) is -2.13. The number of halogens is 2. The summed E-state index contributed by atoms with van der Waals surface area (Å²) in [5, 5.41) is 2.51. The average Bonchev–Trinajstić information content (AvgIpc) is 2.93. The first kappa shape index (κ1) is 19.3. The Morgan fingerprint density at radius 2 is 2.04 bits per heavy atom. The van der Waals surface area contributed by atoms with E-state index >= 15 is 0 Å². The molecule has 146 valence electrons. The lowest BCUT2D eigenvalue weighted by Crippen LogP contribution is -2.52. The van der Waals surface area contributed by atoms with Crippen molar-refractivity contribution in [3.63, 3.8) is 0 Å². The number of hydrogen-bond donors (Lipinski definition) is 1. The first-order valence-electron chi connectivity index (χ1n) is 8.19. The number of benzene rings is 1. The molecule has 10 heteroatoms. The molecule has 0 aromatic heterocycles. The standard InChI is InChI=1S/C17H18F2N2O5S/c1-9-14(16(22)26-2)15(12-4-3-10(18)7-13(12)19)20-17(23)21(9)11-5-6-27(24,25)8-11/h3-4,7,11,15H,5-6,8H2,1-2H3,(H,20,23). The van der Waals surface area contributed by atoms with Crippen molar-refractivity contribution in [2.45, 2.75) is 25.4 Å². The molecule has 2 atom stereocenters. The Bertz CT molecular complexity index is 945. The third kappa shape index (κ3) is 3.53. The van der Waals surface area contributed by atoms with Crippen molar-refractivity contribution in [2.75, 3.05) is 18.6 Å². The SMILES string of the molecule is COC(=O)C1=C(C)N(C2CCS(=O)(=O)C2)C(=O)NC1c1ccc(F)cc1F. The van der Waals surface area contributed by atoms with Gasteiger partial charge in [-0.3, -0.25) is 4.90 Å². The molecule has 1 fully saturated rings. The number of methoxy groups -OCH3 is 1. The molecule has 2 amide bonds. The molecular weight excluding hydrogens is 382 g/mol. The zero-order valence-corrected chi connectivity index (χ0v) is 15.5. The Morgan fingerprint density at radius 3 is 2.59 bits per heavy atom. The van der Waals surface area contributed by atoms with Gasteiger partial charge < -0.3 is 10.1 Å².